The highest BCUT2D eigenvalue weighted by molar-refractivity contribution is 7.43. The third kappa shape index (κ3) is 15.4. The summed E-state index contributed by atoms with van der Waals surface area (Å²) in [5.41, 5.74) is 29.2. The van der Waals surface area contributed by atoms with Gasteiger partial charge in [0, 0.05) is 16.7 Å². The molecule has 0 aliphatic heterocycles. The lowest BCUT2D eigenvalue weighted by Gasteiger charge is -2.31. The van der Waals surface area contributed by atoms with Gasteiger partial charge in [0.05, 0.1) is 0 Å². The second-order valence-electron chi connectivity index (χ2n) is 30.5. The predicted octanol–water partition coefficient (Wildman–Crippen LogP) is 28.9. The van der Waals surface area contributed by atoms with E-state index in [0.29, 0.717) is 35.5 Å². The third-order valence-electron chi connectivity index (χ3n) is 19.4. The lowest BCUT2D eigenvalue weighted by molar-refractivity contribution is 0.381. The SMILES string of the molecule is CC(C)c1ccc(-c2cc(OP(Oc3cc(-c4ccc(C(C)C)cc4)c(C(C)C)c(-c4ccc(C(C)C)cc4)c3C(C)C)Oc3cc(-c4ccc(C(C)C)cc4)c(C(C)C)c(-c4ccc(C(C)C)cc4)c3C(C)C)c(C(C)C)c(-c3ccc(C(C)C)cc3)c2C(C)C)cc1. The highest BCUT2D eigenvalue weighted by Crippen LogP contribution is 2.57. The molecule has 0 radical (unpaired) electrons. The van der Waals surface area contributed by atoms with Gasteiger partial charge in [-0.3, -0.25) is 0 Å². The summed E-state index contributed by atoms with van der Waals surface area (Å²) in [5, 5.41) is 0. The molecule has 0 spiro atoms. The Labute approximate surface area is 570 Å². The van der Waals surface area contributed by atoms with E-state index in [2.05, 4.69) is 330 Å². The molecule has 494 valence electrons. The first-order chi connectivity index (χ1) is 44.6. The first kappa shape index (κ1) is 71.1. The van der Waals surface area contributed by atoms with Crippen molar-refractivity contribution in [2.75, 3.05) is 0 Å². The lowest BCUT2D eigenvalue weighted by Crippen LogP contribution is -2.12. The van der Waals surface area contributed by atoms with E-state index < -0.39 is 8.60 Å². The van der Waals surface area contributed by atoms with Crippen LogP contribution in [0.1, 0.15) is 304 Å². The van der Waals surface area contributed by atoms with Crippen LogP contribution in [0.5, 0.6) is 17.2 Å². The van der Waals surface area contributed by atoms with Crippen LogP contribution in [-0.4, -0.2) is 0 Å². The number of rotatable bonds is 24. The molecule has 0 unspecified atom stereocenters. The monoisotopic (exact) mass is 1270 g/mol. The number of hydrogen-bond donors (Lipinski definition) is 0. The summed E-state index contributed by atoms with van der Waals surface area (Å²) in [5.74, 6) is 5.25. The Bertz CT molecular complexity index is 3580. The molecule has 0 N–H and O–H groups in total. The molecule has 0 fully saturated rings. The molecule has 0 aliphatic rings. The Balaban J connectivity index is 1.44. The van der Waals surface area contributed by atoms with Gasteiger partial charge in [0.1, 0.15) is 17.2 Å². The van der Waals surface area contributed by atoms with Crippen molar-refractivity contribution in [2.24, 2.45) is 0 Å². The molecule has 4 heteroatoms. The molecule has 0 saturated heterocycles. The van der Waals surface area contributed by atoms with E-state index in [-0.39, 0.29) is 35.5 Å². The average Bonchev–Trinajstić information content (AvgIpc) is 0.761. The maximum Gasteiger partial charge on any atom is 0.530 e. The standard InChI is InChI=1S/C90H111O3P/c1-52(2)64-25-37-70(38-26-64)76-49-79(85(61(19)20)88(82(76)58(13)14)73-43-31-67(32-44-73)55(7)8)91-94(92-80-50-77(71-39-27-65(28-40-71)53(3)4)83(59(15)16)89(86(80)62(21)22)74-45-33-68(34-46-74)56(9)10)93-81-51-78(72-41-29-66(30-42-72)54(5)6)84(60(17)18)90(87(81)63(23)24)75-47-35-69(36-48-75)57(11)12/h25-63H,1-24H3. The van der Waals surface area contributed by atoms with Crippen molar-refractivity contribution in [3.05, 3.63) is 231 Å². The van der Waals surface area contributed by atoms with Crippen LogP contribution in [0.3, 0.4) is 0 Å². The maximum atomic E-state index is 8.09. The molecule has 9 rings (SSSR count). The van der Waals surface area contributed by atoms with Crippen molar-refractivity contribution < 1.29 is 13.6 Å². The molecular formula is C90H111O3P. The quantitative estimate of drug-likeness (QED) is 0.0564. The van der Waals surface area contributed by atoms with Gasteiger partial charge in [0.15, 0.2) is 0 Å². The van der Waals surface area contributed by atoms with E-state index in [9.17, 15) is 0 Å². The number of benzene rings is 9. The molecule has 0 saturated carbocycles. The normalized spacial score (nSPS) is 12.2. The molecule has 0 bridgehead atoms. The second kappa shape index (κ2) is 30.3. The van der Waals surface area contributed by atoms with Crippen LogP contribution in [0.15, 0.2) is 164 Å². The van der Waals surface area contributed by atoms with Crippen LogP contribution >= 0.6 is 8.60 Å². The fraction of sp³-hybridized carbons (Fsp3) is 0.400. The maximum absolute atomic E-state index is 8.09. The zero-order chi connectivity index (χ0) is 68.3. The van der Waals surface area contributed by atoms with Gasteiger partial charge in [-0.05, 0) is 206 Å². The minimum absolute atomic E-state index is 0.0382. The molecule has 0 aliphatic carbocycles. The van der Waals surface area contributed by atoms with E-state index in [1.165, 1.54) is 83.5 Å². The summed E-state index contributed by atoms with van der Waals surface area (Å²) >= 11 is 0. The van der Waals surface area contributed by atoms with Gasteiger partial charge in [0.2, 0.25) is 0 Å². The van der Waals surface area contributed by atoms with Gasteiger partial charge in [0.25, 0.3) is 0 Å². The Morgan fingerprint density at radius 1 is 0.191 bits per heavy atom. The summed E-state index contributed by atoms with van der Waals surface area (Å²) in [4.78, 5) is 0. The van der Waals surface area contributed by atoms with E-state index in [0.717, 1.165) is 67.3 Å². The fourth-order valence-corrected chi connectivity index (χ4v) is 15.1. The van der Waals surface area contributed by atoms with E-state index in [4.69, 9.17) is 13.6 Å². The van der Waals surface area contributed by atoms with Gasteiger partial charge < -0.3 is 13.6 Å². The van der Waals surface area contributed by atoms with Crippen LogP contribution < -0.4 is 13.6 Å². The Morgan fingerprint density at radius 2 is 0.351 bits per heavy atom. The van der Waals surface area contributed by atoms with Gasteiger partial charge in [-0.25, -0.2) is 0 Å². The van der Waals surface area contributed by atoms with Gasteiger partial charge in [-0.2, -0.15) is 0 Å². The fourth-order valence-electron chi connectivity index (χ4n) is 14.0. The minimum atomic E-state index is -2.36. The molecule has 9 aromatic rings. The van der Waals surface area contributed by atoms with Crippen molar-refractivity contribution >= 4 is 8.60 Å². The first-order valence-corrected chi connectivity index (χ1v) is 36.7. The minimum Gasteiger partial charge on any atom is -0.408 e. The predicted molar refractivity (Wildman–Crippen MR) is 410 cm³/mol. The van der Waals surface area contributed by atoms with Crippen LogP contribution in [0.25, 0.3) is 66.8 Å². The highest BCUT2D eigenvalue weighted by Gasteiger charge is 2.35. The van der Waals surface area contributed by atoms with Crippen LogP contribution in [0, 0.1) is 0 Å². The molecule has 3 nitrogen and oxygen atoms in total. The van der Waals surface area contributed by atoms with Crippen molar-refractivity contribution in [3.63, 3.8) is 0 Å². The van der Waals surface area contributed by atoms with Crippen LogP contribution in [0.4, 0.5) is 0 Å². The highest BCUT2D eigenvalue weighted by atomic mass is 31.2. The summed E-state index contributed by atoms with van der Waals surface area (Å²) < 4.78 is 24.3. The molecular weight excluding hydrogens is 1160 g/mol. The number of hydrogen-bond acceptors (Lipinski definition) is 3. The average molecular weight is 1270 g/mol. The molecule has 0 heterocycles. The first-order valence-electron chi connectivity index (χ1n) is 35.6. The van der Waals surface area contributed by atoms with E-state index in [1.54, 1.807) is 0 Å². The summed E-state index contributed by atoms with van der Waals surface area (Å²) in [7, 11) is -2.36. The van der Waals surface area contributed by atoms with Gasteiger partial charge >= 0.3 is 8.60 Å². The molecule has 94 heavy (non-hydrogen) atoms. The summed E-state index contributed by atoms with van der Waals surface area (Å²) in [6, 6.07) is 62.8. The van der Waals surface area contributed by atoms with E-state index in [1.807, 2.05) is 0 Å². The van der Waals surface area contributed by atoms with Crippen molar-refractivity contribution in [2.45, 2.75) is 237 Å². The molecule has 0 atom stereocenters. The van der Waals surface area contributed by atoms with Gasteiger partial charge in [-0.15, -0.1) is 0 Å². The van der Waals surface area contributed by atoms with Crippen molar-refractivity contribution in [1.29, 1.82) is 0 Å². The Kier molecular flexibility index (Phi) is 22.9. The third-order valence-corrected chi connectivity index (χ3v) is 20.4. The topological polar surface area (TPSA) is 27.7 Å². The van der Waals surface area contributed by atoms with Crippen LogP contribution in [-0.2, 0) is 0 Å². The zero-order valence-corrected chi connectivity index (χ0v) is 62.6. The van der Waals surface area contributed by atoms with Crippen molar-refractivity contribution in [1.82, 2.24) is 0 Å². The summed E-state index contributed by atoms with van der Waals surface area (Å²) in [6.45, 7) is 55.3. The molecule has 0 aromatic heterocycles. The largest absolute Gasteiger partial charge is 0.530 e. The lowest BCUT2D eigenvalue weighted by atomic mass is 9.79. The summed E-state index contributed by atoms with van der Waals surface area (Å²) in [6.07, 6.45) is 0. The molecule has 9 aromatic carbocycles. The van der Waals surface area contributed by atoms with E-state index >= 15 is 0 Å². The zero-order valence-electron chi connectivity index (χ0n) is 61.7. The Morgan fingerprint density at radius 3 is 0.500 bits per heavy atom. The second-order valence-corrected chi connectivity index (χ2v) is 31.5. The molecule has 0 amide bonds. The smallest absolute Gasteiger partial charge is 0.408 e. The van der Waals surface area contributed by atoms with Gasteiger partial charge in [-0.1, -0.05) is 312 Å². The van der Waals surface area contributed by atoms with Crippen LogP contribution in [0.2, 0.25) is 0 Å². The Hall–Kier alpha value is -7.19. The van der Waals surface area contributed by atoms with Crippen molar-refractivity contribution in [3.8, 4) is 84.0 Å².